The Hall–Kier alpha value is -2.26. The molecule has 1 aromatic rings. The van der Waals surface area contributed by atoms with Crippen LogP contribution < -0.4 is 15.8 Å². The van der Waals surface area contributed by atoms with Crippen molar-refractivity contribution in [2.75, 3.05) is 31.3 Å². The lowest BCUT2D eigenvalue weighted by atomic mass is 10.1. The van der Waals surface area contributed by atoms with Gasteiger partial charge in [0.05, 0.1) is 18.1 Å². The van der Waals surface area contributed by atoms with Gasteiger partial charge in [-0.1, -0.05) is 6.08 Å². The smallest absolute Gasteiger partial charge is 0.296 e. The normalized spacial score (nSPS) is 10.1. The number of benzene rings is 1. The van der Waals surface area contributed by atoms with Crippen LogP contribution >= 0.6 is 12.0 Å². The molecule has 0 unspecified atom stereocenters. The second-order valence-electron chi connectivity index (χ2n) is 4.35. The van der Waals surface area contributed by atoms with E-state index >= 15 is 0 Å². The third-order valence-electron chi connectivity index (χ3n) is 2.73. The number of carbonyl (C=O) groups is 1. The van der Waals surface area contributed by atoms with Crippen molar-refractivity contribution >= 4 is 29.3 Å². The maximum absolute atomic E-state index is 11.4. The van der Waals surface area contributed by atoms with Gasteiger partial charge in [-0.15, -0.1) is 6.58 Å². The van der Waals surface area contributed by atoms with E-state index in [0.717, 1.165) is 6.07 Å². The fourth-order valence-electron chi connectivity index (χ4n) is 1.74. The molecule has 1 rings (SSSR count). The molecule has 0 saturated heterocycles. The maximum Gasteiger partial charge on any atom is 0.296 e. The molecule has 0 heterocycles. The third-order valence-corrected chi connectivity index (χ3v) is 3.14. The lowest BCUT2D eigenvalue weighted by Crippen LogP contribution is -2.14. The summed E-state index contributed by atoms with van der Waals surface area (Å²) in [5.41, 5.74) is 5.14. The van der Waals surface area contributed by atoms with E-state index in [1.165, 1.54) is 18.1 Å². The zero-order valence-corrected chi connectivity index (χ0v) is 13.6. The first-order chi connectivity index (χ1) is 11.0. The molecule has 0 aliphatic rings. The van der Waals surface area contributed by atoms with Gasteiger partial charge in [0.2, 0.25) is 5.91 Å². The summed E-state index contributed by atoms with van der Waals surface area (Å²) in [4.78, 5) is 22.0. The van der Waals surface area contributed by atoms with E-state index in [-0.39, 0.29) is 29.3 Å². The molecule has 0 aromatic heterocycles. The average molecular weight is 341 g/mol. The lowest BCUT2D eigenvalue weighted by Gasteiger charge is -2.14. The number of amides is 1. The number of nitro benzene ring substituents is 1. The molecule has 1 amide bonds. The van der Waals surface area contributed by atoms with Crippen LogP contribution in [0.15, 0.2) is 24.8 Å². The van der Waals surface area contributed by atoms with E-state index in [1.807, 2.05) is 0 Å². The van der Waals surface area contributed by atoms with Crippen molar-refractivity contribution in [2.45, 2.75) is 6.42 Å². The topological polar surface area (TPSA) is 117 Å². The molecule has 0 atom stereocenters. The molecule has 0 radical (unpaired) electrons. The summed E-state index contributed by atoms with van der Waals surface area (Å²) in [5, 5.41) is 14.1. The predicted octanol–water partition coefficient (Wildman–Crippen LogP) is 2.36. The van der Waals surface area contributed by atoms with E-state index in [9.17, 15) is 14.9 Å². The molecule has 0 fully saturated rings. The van der Waals surface area contributed by atoms with Crippen molar-refractivity contribution in [2.24, 2.45) is 5.73 Å². The Morgan fingerprint density at radius 1 is 1.52 bits per heavy atom. The summed E-state index contributed by atoms with van der Waals surface area (Å²) in [6.45, 7) is 4.62. The Morgan fingerprint density at radius 3 is 2.83 bits per heavy atom. The third kappa shape index (κ3) is 5.80. The monoisotopic (exact) mass is 341 g/mol. The van der Waals surface area contributed by atoms with Crippen molar-refractivity contribution in [3.05, 3.63) is 40.5 Å². The van der Waals surface area contributed by atoms with Crippen LogP contribution in [0.2, 0.25) is 0 Å². The number of anilines is 1. The number of hydrogen-bond acceptors (Lipinski definition) is 7. The van der Waals surface area contributed by atoms with Crippen molar-refractivity contribution in [1.82, 2.24) is 0 Å². The Labute approximate surface area is 138 Å². The number of hydrogen-bond donors (Lipinski definition) is 2. The Morgan fingerprint density at radius 2 is 2.26 bits per heavy atom. The van der Waals surface area contributed by atoms with Crippen LogP contribution in [0.3, 0.4) is 0 Å². The highest BCUT2D eigenvalue weighted by atomic mass is 32.2. The highest BCUT2D eigenvalue weighted by Crippen LogP contribution is 2.36. The number of nitrogens with two attached hydrogens (primary N) is 1. The molecule has 0 saturated carbocycles. The van der Waals surface area contributed by atoms with Crippen LogP contribution in [-0.4, -0.2) is 36.8 Å². The molecule has 9 heteroatoms. The molecule has 0 spiro atoms. The Bertz CT molecular complexity index is 580. The zero-order chi connectivity index (χ0) is 17.2. The summed E-state index contributed by atoms with van der Waals surface area (Å²) in [5.74, 6) is -0.571. The van der Waals surface area contributed by atoms with E-state index in [2.05, 4.69) is 11.9 Å². The molecular formula is C14H19N3O5S. The first kappa shape index (κ1) is 18.8. The Balaban J connectivity index is 3.07. The molecule has 0 aliphatic heterocycles. The molecule has 0 bridgehead atoms. The maximum atomic E-state index is 11.4. The molecular weight excluding hydrogens is 322 g/mol. The van der Waals surface area contributed by atoms with Gasteiger partial charge in [0.25, 0.3) is 5.69 Å². The van der Waals surface area contributed by atoms with Gasteiger partial charge in [-0.3, -0.25) is 14.9 Å². The zero-order valence-electron chi connectivity index (χ0n) is 12.7. The minimum atomic E-state index is -0.765. The number of nitrogens with zero attached hydrogens (tertiary/aromatic N) is 1. The quantitative estimate of drug-likeness (QED) is 0.209. The number of rotatable bonds is 11. The first-order valence-electron chi connectivity index (χ1n) is 6.76. The lowest BCUT2D eigenvalue weighted by molar-refractivity contribution is -0.384. The van der Waals surface area contributed by atoms with Crippen molar-refractivity contribution in [3.8, 4) is 5.75 Å². The highest BCUT2D eigenvalue weighted by molar-refractivity contribution is 7.93. The van der Waals surface area contributed by atoms with E-state index in [0.29, 0.717) is 19.6 Å². The van der Waals surface area contributed by atoms with Crippen molar-refractivity contribution in [3.63, 3.8) is 0 Å². The minimum Gasteiger partial charge on any atom is -0.491 e. The summed E-state index contributed by atoms with van der Waals surface area (Å²) in [6, 6.07) is 2.51. The van der Waals surface area contributed by atoms with Gasteiger partial charge in [0.15, 0.2) is 5.69 Å². The van der Waals surface area contributed by atoms with Crippen LogP contribution in [-0.2, 0) is 4.18 Å². The highest BCUT2D eigenvalue weighted by Gasteiger charge is 2.22. The fourth-order valence-corrected chi connectivity index (χ4v) is 2.02. The number of nitro groups is 1. The number of carbonyl (C=O) groups excluding carboxylic acids is 1. The standard InChI is InChI=1S/C14H19N3O5S/c1-3-5-16-13-11(17(19)20)8-10(14(15)18)9-12(13)21-6-4-7-22-23-2/h3,8-9,16H,1,4-7H2,2H3,(H2,15,18). The van der Waals surface area contributed by atoms with Crippen LogP contribution in [0.4, 0.5) is 11.4 Å². The number of nitrogens with one attached hydrogen (secondary N) is 1. The average Bonchev–Trinajstić information content (AvgIpc) is 2.52. The van der Waals surface area contributed by atoms with Crippen molar-refractivity contribution < 1.29 is 18.6 Å². The van der Waals surface area contributed by atoms with Gasteiger partial charge >= 0.3 is 0 Å². The predicted molar refractivity (Wildman–Crippen MR) is 89.9 cm³/mol. The number of primary amides is 1. The van der Waals surface area contributed by atoms with Gasteiger partial charge in [0, 0.05) is 30.9 Å². The van der Waals surface area contributed by atoms with Crippen LogP contribution in [0.5, 0.6) is 5.75 Å². The molecule has 1 aromatic carbocycles. The van der Waals surface area contributed by atoms with Crippen LogP contribution in [0.1, 0.15) is 16.8 Å². The molecule has 3 N–H and O–H groups in total. The minimum absolute atomic E-state index is 0.0104. The molecule has 23 heavy (non-hydrogen) atoms. The van der Waals surface area contributed by atoms with Gasteiger partial charge in [0.1, 0.15) is 5.75 Å². The summed E-state index contributed by atoms with van der Waals surface area (Å²) in [7, 11) is 0. The molecule has 8 nitrogen and oxygen atoms in total. The van der Waals surface area contributed by atoms with Gasteiger partial charge in [-0.2, -0.15) is 0 Å². The fraction of sp³-hybridized carbons (Fsp3) is 0.357. The number of ether oxygens (including phenoxy) is 1. The van der Waals surface area contributed by atoms with E-state index in [1.54, 1.807) is 12.3 Å². The van der Waals surface area contributed by atoms with Crippen molar-refractivity contribution in [1.29, 1.82) is 0 Å². The summed E-state index contributed by atoms with van der Waals surface area (Å²) >= 11 is 1.25. The SMILES string of the molecule is C=CCNc1c(OCCCOSC)cc(C(N)=O)cc1[N+](=O)[O-]. The summed E-state index contributed by atoms with van der Waals surface area (Å²) in [6.07, 6.45) is 3.95. The second kappa shape index (κ2) is 9.70. The molecule has 0 aliphatic carbocycles. The Kier molecular flexibility index (Phi) is 7.92. The largest absolute Gasteiger partial charge is 0.491 e. The van der Waals surface area contributed by atoms with Crippen LogP contribution in [0, 0.1) is 10.1 Å². The van der Waals surface area contributed by atoms with Gasteiger partial charge < -0.3 is 20.0 Å². The first-order valence-corrected chi connectivity index (χ1v) is 7.91. The van der Waals surface area contributed by atoms with Gasteiger partial charge in [-0.25, -0.2) is 0 Å². The summed E-state index contributed by atoms with van der Waals surface area (Å²) < 4.78 is 10.7. The van der Waals surface area contributed by atoms with E-state index < -0.39 is 10.8 Å². The van der Waals surface area contributed by atoms with Crippen LogP contribution in [0.25, 0.3) is 0 Å². The van der Waals surface area contributed by atoms with Gasteiger partial charge in [-0.05, 0) is 18.1 Å². The van der Waals surface area contributed by atoms with E-state index in [4.69, 9.17) is 14.7 Å². The second-order valence-corrected chi connectivity index (χ2v) is 4.92. The molecule has 126 valence electrons.